The Bertz CT molecular complexity index is 52.0. The summed E-state index contributed by atoms with van der Waals surface area (Å²) in [4.78, 5) is 4.45. The minimum atomic E-state index is 0.764. The molecule has 0 aromatic carbocycles. The molecule has 1 fully saturated rings. The maximum atomic E-state index is 4.84. The maximum Gasteiger partial charge on any atom is 0.0707 e. The maximum absolute atomic E-state index is 4.84. The first-order valence-electron chi connectivity index (χ1n) is 2.75. The van der Waals surface area contributed by atoms with Crippen molar-refractivity contribution in [2.24, 2.45) is 11.8 Å². The molecule has 0 heterocycles. The SMILES string of the molecule is NOCC1CCC1. The lowest BCUT2D eigenvalue weighted by atomic mass is 9.86. The second-order valence-corrected chi connectivity index (χ2v) is 2.13. The van der Waals surface area contributed by atoms with Crippen molar-refractivity contribution < 1.29 is 4.84 Å². The summed E-state index contributed by atoms with van der Waals surface area (Å²) < 4.78 is 0. The molecule has 0 radical (unpaired) electrons. The van der Waals surface area contributed by atoms with E-state index in [9.17, 15) is 0 Å². The van der Waals surface area contributed by atoms with E-state index in [1.807, 2.05) is 0 Å². The van der Waals surface area contributed by atoms with Crippen LogP contribution in [0.15, 0.2) is 0 Å². The molecule has 0 unspecified atom stereocenters. The third kappa shape index (κ3) is 1.14. The Morgan fingerprint density at radius 3 is 2.43 bits per heavy atom. The van der Waals surface area contributed by atoms with Crippen LogP contribution in [-0.4, -0.2) is 6.61 Å². The van der Waals surface area contributed by atoms with Crippen LogP contribution in [0, 0.1) is 5.92 Å². The van der Waals surface area contributed by atoms with Gasteiger partial charge in [0, 0.05) is 0 Å². The van der Waals surface area contributed by atoms with Crippen LogP contribution < -0.4 is 5.90 Å². The van der Waals surface area contributed by atoms with Crippen molar-refractivity contribution in [2.45, 2.75) is 19.3 Å². The fraction of sp³-hybridized carbons (Fsp3) is 1.00. The van der Waals surface area contributed by atoms with Gasteiger partial charge in [-0.15, -0.1) is 0 Å². The number of hydrogen-bond acceptors (Lipinski definition) is 2. The van der Waals surface area contributed by atoms with E-state index >= 15 is 0 Å². The number of nitrogens with two attached hydrogens (primary N) is 1. The Hall–Kier alpha value is -0.0800. The van der Waals surface area contributed by atoms with Gasteiger partial charge in [0.15, 0.2) is 0 Å². The van der Waals surface area contributed by atoms with Crippen molar-refractivity contribution in [3.8, 4) is 0 Å². The fourth-order valence-corrected chi connectivity index (χ4v) is 0.796. The number of rotatable bonds is 2. The first-order chi connectivity index (χ1) is 3.43. The predicted molar refractivity (Wildman–Crippen MR) is 27.5 cm³/mol. The summed E-state index contributed by atoms with van der Waals surface area (Å²) in [6, 6.07) is 0. The molecule has 0 spiro atoms. The Labute approximate surface area is 43.6 Å². The van der Waals surface area contributed by atoms with Crippen LogP contribution in [0.5, 0.6) is 0 Å². The van der Waals surface area contributed by atoms with Gasteiger partial charge in [0.05, 0.1) is 6.61 Å². The second-order valence-electron chi connectivity index (χ2n) is 2.13. The zero-order valence-electron chi connectivity index (χ0n) is 4.39. The first kappa shape index (κ1) is 5.06. The van der Waals surface area contributed by atoms with E-state index in [0.29, 0.717) is 0 Å². The van der Waals surface area contributed by atoms with Crippen molar-refractivity contribution in [3.63, 3.8) is 0 Å². The molecule has 42 valence electrons. The van der Waals surface area contributed by atoms with Crippen LogP contribution >= 0.6 is 0 Å². The van der Waals surface area contributed by atoms with Crippen molar-refractivity contribution in [3.05, 3.63) is 0 Å². The predicted octanol–water partition coefficient (Wildman–Crippen LogP) is 0.677. The van der Waals surface area contributed by atoms with E-state index in [4.69, 9.17) is 5.90 Å². The first-order valence-corrected chi connectivity index (χ1v) is 2.75. The molecule has 2 nitrogen and oxygen atoms in total. The summed E-state index contributed by atoms with van der Waals surface area (Å²) in [5.74, 6) is 5.62. The summed E-state index contributed by atoms with van der Waals surface area (Å²) in [7, 11) is 0. The van der Waals surface area contributed by atoms with Gasteiger partial charge in [0.25, 0.3) is 0 Å². The Morgan fingerprint density at radius 2 is 2.29 bits per heavy atom. The standard InChI is InChI=1S/C5H11NO/c6-7-4-5-2-1-3-5/h5H,1-4,6H2. The van der Waals surface area contributed by atoms with Gasteiger partial charge in [-0.3, -0.25) is 0 Å². The lowest BCUT2D eigenvalue weighted by molar-refractivity contribution is 0.0710. The average Bonchev–Trinajstić information content (AvgIpc) is 1.55. The molecule has 0 aromatic rings. The van der Waals surface area contributed by atoms with Crippen molar-refractivity contribution in [1.29, 1.82) is 0 Å². The van der Waals surface area contributed by atoms with Crippen molar-refractivity contribution in [1.82, 2.24) is 0 Å². The van der Waals surface area contributed by atoms with Crippen molar-refractivity contribution >= 4 is 0 Å². The largest absolute Gasteiger partial charge is 0.304 e. The van der Waals surface area contributed by atoms with Crippen LogP contribution in [-0.2, 0) is 4.84 Å². The Kier molecular flexibility index (Phi) is 1.65. The average molecular weight is 101 g/mol. The van der Waals surface area contributed by atoms with Gasteiger partial charge < -0.3 is 4.84 Å². The molecule has 2 heteroatoms. The van der Waals surface area contributed by atoms with Gasteiger partial charge in [0.2, 0.25) is 0 Å². The summed E-state index contributed by atoms with van der Waals surface area (Å²) in [5.41, 5.74) is 0. The van der Waals surface area contributed by atoms with Crippen LogP contribution in [0.25, 0.3) is 0 Å². The molecule has 2 N–H and O–H groups in total. The van der Waals surface area contributed by atoms with E-state index < -0.39 is 0 Å². The highest BCUT2D eigenvalue weighted by molar-refractivity contribution is 4.67. The molecule has 1 aliphatic rings. The summed E-state index contributed by atoms with van der Waals surface area (Å²) in [6.45, 7) is 0.764. The molecule has 0 bridgehead atoms. The highest BCUT2D eigenvalue weighted by Gasteiger charge is 2.16. The van der Waals surface area contributed by atoms with Crippen LogP contribution in [0.2, 0.25) is 0 Å². The van der Waals surface area contributed by atoms with E-state index in [2.05, 4.69) is 4.84 Å². The lowest BCUT2D eigenvalue weighted by Gasteiger charge is -2.23. The minimum Gasteiger partial charge on any atom is -0.304 e. The molecule has 0 aliphatic heterocycles. The second kappa shape index (κ2) is 2.28. The van der Waals surface area contributed by atoms with Crippen LogP contribution in [0.3, 0.4) is 0 Å². The smallest absolute Gasteiger partial charge is 0.0707 e. The van der Waals surface area contributed by atoms with Gasteiger partial charge in [0.1, 0.15) is 0 Å². The topological polar surface area (TPSA) is 35.2 Å². The number of hydrogen-bond donors (Lipinski definition) is 1. The monoisotopic (exact) mass is 101 g/mol. The molecule has 1 rings (SSSR count). The Balaban J connectivity index is 1.93. The molecule has 7 heavy (non-hydrogen) atoms. The highest BCUT2D eigenvalue weighted by atomic mass is 16.6. The third-order valence-corrected chi connectivity index (χ3v) is 1.56. The van der Waals surface area contributed by atoms with E-state index in [-0.39, 0.29) is 0 Å². The van der Waals surface area contributed by atoms with E-state index in [0.717, 1.165) is 12.5 Å². The van der Waals surface area contributed by atoms with Gasteiger partial charge in [-0.1, -0.05) is 6.42 Å². The molecule has 1 aliphatic carbocycles. The molecule has 1 saturated carbocycles. The zero-order valence-corrected chi connectivity index (χ0v) is 4.39. The van der Waals surface area contributed by atoms with Gasteiger partial charge in [-0.05, 0) is 18.8 Å². The molecular formula is C5H11NO. The zero-order chi connectivity index (χ0) is 5.11. The van der Waals surface area contributed by atoms with Crippen LogP contribution in [0.4, 0.5) is 0 Å². The minimum absolute atomic E-state index is 0.764. The summed E-state index contributed by atoms with van der Waals surface area (Å²) >= 11 is 0. The van der Waals surface area contributed by atoms with Gasteiger partial charge in [-0.2, -0.15) is 0 Å². The summed E-state index contributed by atoms with van der Waals surface area (Å²) in [6.07, 6.45) is 4.00. The quantitative estimate of drug-likeness (QED) is 0.519. The van der Waals surface area contributed by atoms with Crippen LogP contribution in [0.1, 0.15) is 19.3 Å². The Morgan fingerprint density at radius 1 is 1.57 bits per heavy atom. The van der Waals surface area contributed by atoms with Gasteiger partial charge in [-0.25, -0.2) is 5.90 Å². The lowest BCUT2D eigenvalue weighted by Crippen LogP contribution is -2.19. The molecule has 0 aromatic heterocycles. The molecule has 0 saturated heterocycles. The fourth-order valence-electron chi connectivity index (χ4n) is 0.796. The molecular weight excluding hydrogens is 90.1 g/mol. The summed E-state index contributed by atoms with van der Waals surface area (Å²) in [5, 5.41) is 0. The van der Waals surface area contributed by atoms with E-state index in [1.54, 1.807) is 0 Å². The molecule has 0 atom stereocenters. The van der Waals surface area contributed by atoms with E-state index in [1.165, 1.54) is 19.3 Å². The van der Waals surface area contributed by atoms with Crippen molar-refractivity contribution in [2.75, 3.05) is 6.61 Å². The normalized spacial score (nSPS) is 21.9. The highest BCUT2D eigenvalue weighted by Crippen LogP contribution is 2.25. The third-order valence-electron chi connectivity index (χ3n) is 1.56. The van der Waals surface area contributed by atoms with Gasteiger partial charge >= 0.3 is 0 Å². The molecule has 0 amide bonds.